The average Bonchev–Trinajstić information content (AvgIpc) is 2.78. The average molecular weight is 498 g/mol. The van der Waals surface area contributed by atoms with Crippen molar-refractivity contribution in [3.8, 4) is 0 Å². The molecule has 8 nitrogen and oxygen atoms in total. The van der Waals surface area contributed by atoms with Gasteiger partial charge in [0.15, 0.2) is 0 Å². The Labute approximate surface area is 197 Å². The zero-order valence-electron chi connectivity index (χ0n) is 18.3. The number of benzene rings is 1. The van der Waals surface area contributed by atoms with Gasteiger partial charge in [-0.3, -0.25) is 19.4 Å². The topological polar surface area (TPSA) is 107 Å². The molecular weight excluding hydrogens is 475 g/mol. The van der Waals surface area contributed by atoms with Crippen LogP contribution in [0, 0.1) is 0 Å². The van der Waals surface area contributed by atoms with Gasteiger partial charge in [-0.15, -0.1) is 0 Å². The Hall–Kier alpha value is -3.08. The first-order valence-electron chi connectivity index (χ1n) is 11.0. The molecular formula is C22H23ClF3N5O3. The van der Waals surface area contributed by atoms with Crippen LogP contribution >= 0.6 is 11.6 Å². The molecule has 0 saturated carbocycles. The number of alkyl halides is 3. The van der Waals surface area contributed by atoms with Gasteiger partial charge in [0.05, 0.1) is 22.1 Å². The third-order valence-corrected chi connectivity index (χ3v) is 6.49. The lowest BCUT2D eigenvalue weighted by atomic mass is 9.92. The van der Waals surface area contributed by atoms with Crippen LogP contribution in [0.15, 0.2) is 23.0 Å². The molecule has 0 radical (unpaired) electrons. The summed E-state index contributed by atoms with van der Waals surface area (Å²) in [5.74, 6) is -2.22. The molecule has 2 aliphatic rings. The molecule has 2 atom stereocenters. The van der Waals surface area contributed by atoms with Crippen LogP contribution in [0.3, 0.4) is 0 Å². The number of carbonyl (C=O) groups is 2. The maximum atomic E-state index is 13.2. The lowest BCUT2D eigenvalue weighted by Gasteiger charge is -2.36. The van der Waals surface area contributed by atoms with Crippen molar-refractivity contribution in [1.29, 1.82) is 0 Å². The molecule has 4 rings (SSSR count). The lowest BCUT2D eigenvalue weighted by Crippen LogP contribution is -2.43. The standard InChI is InChI=1S/C22H23ClF3N5O3/c1-2-12-5-3-4-8-31(12)21-29-18-17(20(34)30-21)13(10-16(32)28-18)19(33)27-11-6-7-15(23)14(9-11)22(24,25)26/h6-7,9,12-13H,2-5,8,10H2,1H3,(H,27,33)(H2,28,29,30,32,34). The van der Waals surface area contributed by atoms with Crippen molar-refractivity contribution in [2.45, 2.75) is 57.2 Å². The zero-order valence-corrected chi connectivity index (χ0v) is 19.0. The second kappa shape index (κ2) is 9.28. The monoisotopic (exact) mass is 497 g/mol. The Morgan fingerprint density at radius 3 is 2.76 bits per heavy atom. The van der Waals surface area contributed by atoms with Gasteiger partial charge in [-0.25, -0.2) is 0 Å². The zero-order chi connectivity index (χ0) is 24.6. The fraction of sp³-hybridized carbons (Fsp3) is 0.455. The molecule has 2 unspecified atom stereocenters. The van der Waals surface area contributed by atoms with Crippen LogP contribution in [0.2, 0.25) is 5.02 Å². The first-order valence-corrected chi connectivity index (χ1v) is 11.3. The molecule has 1 fully saturated rings. The van der Waals surface area contributed by atoms with E-state index in [1.807, 2.05) is 11.8 Å². The predicted octanol–water partition coefficient (Wildman–Crippen LogP) is 4.28. The minimum Gasteiger partial charge on any atom is -0.339 e. The molecule has 0 bridgehead atoms. The Morgan fingerprint density at radius 2 is 2.06 bits per heavy atom. The highest BCUT2D eigenvalue weighted by Gasteiger charge is 2.37. The Morgan fingerprint density at radius 1 is 1.29 bits per heavy atom. The molecule has 0 aliphatic carbocycles. The predicted molar refractivity (Wildman–Crippen MR) is 121 cm³/mol. The summed E-state index contributed by atoms with van der Waals surface area (Å²) >= 11 is 5.63. The fourth-order valence-corrected chi connectivity index (χ4v) is 4.70. The van der Waals surface area contributed by atoms with Gasteiger partial charge in [-0.2, -0.15) is 18.2 Å². The van der Waals surface area contributed by atoms with Crippen molar-refractivity contribution < 1.29 is 22.8 Å². The number of nitrogens with zero attached hydrogens (tertiary/aromatic N) is 2. The Kier molecular flexibility index (Phi) is 6.57. The van der Waals surface area contributed by atoms with E-state index < -0.39 is 40.1 Å². The van der Waals surface area contributed by atoms with Crippen molar-refractivity contribution in [1.82, 2.24) is 9.97 Å². The maximum Gasteiger partial charge on any atom is 0.417 e. The molecule has 1 aromatic heterocycles. The summed E-state index contributed by atoms with van der Waals surface area (Å²) in [6, 6.07) is 3.13. The van der Waals surface area contributed by atoms with Gasteiger partial charge in [0.1, 0.15) is 5.82 Å². The molecule has 2 aromatic rings. The SMILES string of the molecule is CCC1CCCCN1c1nc2c(c(=O)[nH]1)C(C(=O)Nc1ccc(Cl)c(C(F)(F)F)c1)CC(=O)N2. The molecule has 3 N–H and O–H groups in total. The van der Waals surface area contributed by atoms with Crippen molar-refractivity contribution >= 4 is 40.9 Å². The minimum absolute atomic E-state index is 0.0114. The number of hydrogen-bond donors (Lipinski definition) is 3. The second-order valence-corrected chi connectivity index (χ2v) is 8.80. The van der Waals surface area contributed by atoms with Crippen LogP contribution in [0.25, 0.3) is 0 Å². The largest absolute Gasteiger partial charge is 0.417 e. The summed E-state index contributed by atoms with van der Waals surface area (Å²) < 4.78 is 39.5. The van der Waals surface area contributed by atoms with E-state index >= 15 is 0 Å². The molecule has 2 aliphatic heterocycles. The third kappa shape index (κ3) is 4.75. The summed E-state index contributed by atoms with van der Waals surface area (Å²) in [5, 5.41) is 4.41. The van der Waals surface area contributed by atoms with Crippen molar-refractivity contribution in [2.75, 3.05) is 22.1 Å². The van der Waals surface area contributed by atoms with Gasteiger partial charge in [0, 0.05) is 24.7 Å². The van der Waals surface area contributed by atoms with E-state index in [2.05, 4.69) is 20.6 Å². The molecule has 1 saturated heterocycles. The number of H-pyrrole nitrogens is 1. The summed E-state index contributed by atoms with van der Waals surface area (Å²) in [4.78, 5) is 47.4. The highest BCUT2D eigenvalue weighted by molar-refractivity contribution is 6.31. The van der Waals surface area contributed by atoms with Crippen molar-refractivity contribution in [3.05, 3.63) is 44.7 Å². The number of hydrogen-bond acceptors (Lipinski definition) is 5. The van der Waals surface area contributed by atoms with Crippen molar-refractivity contribution in [3.63, 3.8) is 0 Å². The molecule has 12 heteroatoms. The fourth-order valence-electron chi connectivity index (χ4n) is 4.47. The molecule has 182 valence electrons. The number of amides is 2. The highest BCUT2D eigenvalue weighted by atomic mass is 35.5. The first-order chi connectivity index (χ1) is 16.1. The van der Waals surface area contributed by atoms with Crippen LogP contribution in [0.5, 0.6) is 0 Å². The second-order valence-electron chi connectivity index (χ2n) is 8.39. The Balaban J connectivity index is 1.65. The van der Waals surface area contributed by atoms with Crippen LogP contribution in [-0.2, 0) is 15.8 Å². The van der Waals surface area contributed by atoms with Crippen molar-refractivity contribution in [2.24, 2.45) is 0 Å². The van der Waals surface area contributed by atoms with Gasteiger partial charge < -0.3 is 15.5 Å². The van der Waals surface area contributed by atoms with Gasteiger partial charge in [0.2, 0.25) is 17.8 Å². The lowest BCUT2D eigenvalue weighted by molar-refractivity contribution is -0.137. The first kappa shape index (κ1) is 24.1. The number of fused-ring (bicyclic) bond motifs is 1. The molecule has 3 heterocycles. The van der Waals surface area contributed by atoms with E-state index in [0.717, 1.165) is 31.7 Å². The summed E-state index contributed by atoms with van der Waals surface area (Å²) in [6.45, 7) is 2.75. The van der Waals surface area contributed by atoms with Crippen LogP contribution in [0.4, 0.5) is 30.6 Å². The number of aromatic nitrogens is 2. The minimum atomic E-state index is -4.71. The normalized spacial score (nSPS) is 20.5. The summed E-state index contributed by atoms with van der Waals surface area (Å²) in [5.41, 5.74) is -1.87. The highest BCUT2D eigenvalue weighted by Crippen LogP contribution is 2.37. The van der Waals surface area contributed by atoms with Crippen LogP contribution < -0.4 is 21.1 Å². The smallest absolute Gasteiger partial charge is 0.339 e. The van der Waals surface area contributed by atoms with Gasteiger partial charge in [0.25, 0.3) is 5.56 Å². The maximum absolute atomic E-state index is 13.2. The summed E-state index contributed by atoms with van der Waals surface area (Å²) in [7, 11) is 0. The van der Waals surface area contributed by atoms with Crippen LogP contribution in [-0.4, -0.2) is 34.4 Å². The number of carbonyl (C=O) groups excluding carboxylic acids is 2. The Bertz CT molecular complexity index is 1180. The van der Waals surface area contributed by atoms with E-state index in [4.69, 9.17) is 11.6 Å². The van der Waals surface area contributed by atoms with Gasteiger partial charge >= 0.3 is 6.18 Å². The van der Waals surface area contributed by atoms with Gasteiger partial charge in [-0.05, 0) is 43.9 Å². The van der Waals surface area contributed by atoms with E-state index in [1.165, 1.54) is 6.07 Å². The number of halogens is 4. The molecule has 2 amide bonds. The molecule has 0 spiro atoms. The van der Waals surface area contributed by atoms with Gasteiger partial charge in [-0.1, -0.05) is 18.5 Å². The molecule has 1 aromatic carbocycles. The number of piperidine rings is 1. The van der Waals surface area contributed by atoms with E-state index in [1.54, 1.807) is 0 Å². The summed E-state index contributed by atoms with van der Waals surface area (Å²) in [6.07, 6.45) is -1.23. The van der Waals surface area contributed by atoms with E-state index in [0.29, 0.717) is 18.6 Å². The number of rotatable bonds is 4. The number of nitrogens with one attached hydrogen (secondary N) is 3. The van der Waals surface area contributed by atoms with E-state index in [-0.39, 0.29) is 29.5 Å². The quantitative estimate of drug-likeness (QED) is 0.584. The molecule has 34 heavy (non-hydrogen) atoms. The van der Waals surface area contributed by atoms with E-state index in [9.17, 15) is 27.6 Å². The number of aromatic amines is 1. The number of anilines is 3. The van der Waals surface area contributed by atoms with Crippen LogP contribution in [0.1, 0.15) is 56.1 Å². The third-order valence-electron chi connectivity index (χ3n) is 6.16.